The second-order valence-electron chi connectivity index (χ2n) is 5.43. The van der Waals surface area contributed by atoms with E-state index < -0.39 is 5.97 Å². The van der Waals surface area contributed by atoms with Gasteiger partial charge in [-0.2, -0.15) is 0 Å². The molecule has 0 atom stereocenters. The SMILES string of the molecule is Cc1c(C(=O)O)sc2ncnc(NCC3(C)CC3)c12. The van der Waals surface area contributed by atoms with E-state index in [1.54, 1.807) is 0 Å². The highest BCUT2D eigenvalue weighted by Gasteiger charge is 2.37. The van der Waals surface area contributed by atoms with E-state index in [-0.39, 0.29) is 0 Å². The zero-order valence-electron chi connectivity index (χ0n) is 10.9. The Morgan fingerprint density at radius 3 is 2.89 bits per heavy atom. The zero-order chi connectivity index (χ0) is 13.6. The maximum Gasteiger partial charge on any atom is 0.346 e. The lowest BCUT2D eigenvalue weighted by molar-refractivity contribution is 0.0701. The van der Waals surface area contributed by atoms with Crippen molar-refractivity contribution in [2.75, 3.05) is 11.9 Å². The molecule has 1 aliphatic rings. The van der Waals surface area contributed by atoms with Gasteiger partial charge in [0.1, 0.15) is 21.9 Å². The molecular weight excluding hydrogens is 262 g/mol. The molecule has 2 aromatic heterocycles. The zero-order valence-corrected chi connectivity index (χ0v) is 11.7. The van der Waals surface area contributed by atoms with Crippen LogP contribution in [-0.2, 0) is 0 Å². The topological polar surface area (TPSA) is 75.1 Å². The predicted molar refractivity (Wildman–Crippen MR) is 74.9 cm³/mol. The Morgan fingerprint density at radius 1 is 1.53 bits per heavy atom. The minimum Gasteiger partial charge on any atom is -0.477 e. The number of rotatable bonds is 4. The molecule has 2 heterocycles. The van der Waals surface area contributed by atoms with Gasteiger partial charge in [0.2, 0.25) is 0 Å². The fraction of sp³-hybridized carbons (Fsp3) is 0.462. The number of nitrogens with zero attached hydrogens (tertiary/aromatic N) is 2. The summed E-state index contributed by atoms with van der Waals surface area (Å²) in [6.45, 7) is 4.92. The van der Waals surface area contributed by atoms with Crippen molar-refractivity contribution >= 4 is 33.3 Å². The summed E-state index contributed by atoms with van der Waals surface area (Å²) in [5.41, 5.74) is 1.12. The van der Waals surface area contributed by atoms with E-state index in [0.29, 0.717) is 10.3 Å². The highest BCUT2D eigenvalue weighted by molar-refractivity contribution is 7.20. The molecule has 0 bridgehead atoms. The molecular formula is C13H15N3O2S. The second-order valence-corrected chi connectivity index (χ2v) is 6.43. The van der Waals surface area contributed by atoms with Crippen LogP contribution in [0, 0.1) is 12.3 Å². The first-order valence-corrected chi connectivity index (χ1v) is 7.03. The summed E-state index contributed by atoms with van der Waals surface area (Å²) in [7, 11) is 0. The number of thiophene rings is 1. The highest BCUT2D eigenvalue weighted by atomic mass is 32.1. The van der Waals surface area contributed by atoms with Crippen LogP contribution in [0.5, 0.6) is 0 Å². The second kappa shape index (κ2) is 4.16. The number of hydrogen-bond donors (Lipinski definition) is 2. The van der Waals surface area contributed by atoms with Crippen LogP contribution in [0.2, 0.25) is 0 Å². The Morgan fingerprint density at radius 2 is 2.26 bits per heavy atom. The summed E-state index contributed by atoms with van der Waals surface area (Å²) in [4.78, 5) is 20.7. The average molecular weight is 277 g/mol. The number of anilines is 1. The van der Waals surface area contributed by atoms with Crippen molar-refractivity contribution in [1.82, 2.24) is 9.97 Å². The van der Waals surface area contributed by atoms with Crippen molar-refractivity contribution in [3.8, 4) is 0 Å². The summed E-state index contributed by atoms with van der Waals surface area (Å²) in [6, 6.07) is 0. The number of aromatic nitrogens is 2. The molecule has 5 nitrogen and oxygen atoms in total. The smallest absolute Gasteiger partial charge is 0.346 e. The number of fused-ring (bicyclic) bond motifs is 1. The van der Waals surface area contributed by atoms with Crippen molar-refractivity contribution in [3.05, 3.63) is 16.8 Å². The van der Waals surface area contributed by atoms with Crippen molar-refractivity contribution in [1.29, 1.82) is 0 Å². The largest absolute Gasteiger partial charge is 0.477 e. The lowest BCUT2D eigenvalue weighted by Crippen LogP contribution is -2.13. The van der Waals surface area contributed by atoms with Crippen molar-refractivity contribution < 1.29 is 9.90 Å². The van der Waals surface area contributed by atoms with Crippen LogP contribution in [0.15, 0.2) is 6.33 Å². The molecule has 1 fully saturated rings. The Hall–Kier alpha value is -1.69. The van der Waals surface area contributed by atoms with Crippen molar-refractivity contribution in [3.63, 3.8) is 0 Å². The predicted octanol–water partition coefficient (Wildman–Crippen LogP) is 2.91. The summed E-state index contributed by atoms with van der Waals surface area (Å²) in [6.07, 6.45) is 3.95. The Bertz CT molecular complexity index is 661. The summed E-state index contributed by atoms with van der Waals surface area (Å²) < 4.78 is 0. The monoisotopic (exact) mass is 277 g/mol. The number of hydrogen-bond acceptors (Lipinski definition) is 5. The van der Waals surface area contributed by atoms with Gasteiger partial charge in [-0.3, -0.25) is 0 Å². The van der Waals surface area contributed by atoms with E-state index in [4.69, 9.17) is 5.11 Å². The molecule has 0 radical (unpaired) electrons. The number of nitrogens with one attached hydrogen (secondary N) is 1. The van der Waals surface area contributed by atoms with E-state index in [1.165, 1.54) is 30.5 Å². The van der Waals surface area contributed by atoms with Gasteiger partial charge in [0.25, 0.3) is 0 Å². The van der Waals surface area contributed by atoms with E-state index >= 15 is 0 Å². The van der Waals surface area contributed by atoms with Gasteiger partial charge in [-0.1, -0.05) is 6.92 Å². The van der Waals surface area contributed by atoms with E-state index in [1.807, 2.05) is 6.92 Å². The number of carbonyl (C=O) groups is 1. The van der Waals surface area contributed by atoms with Gasteiger partial charge in [0.05, 0.1) is 5.39 Å². The molecule has 0 aromatic carbocycles. The van der Waals surface area contributed by atoms with Gasteiger partial charge in [-0.15, -0.1) is 11.3 Å². The van der Waals surface area contributed by atoms with Crippen molar-refractivity contribution in [2.45, 2.75) is 26.7 Å². The van der Waals surface area contributed by atoms with Crippen LogP contribution in [0.1, 0.15) is 35.0 Å². The molecule has 1 saturated carbocycles. The summed E-state index contributed by atoms with van der Waals surface area (Å²) >= 11 is 1.20. The molecule has 2 N–H and O–H groups in total. The maximum absolute atomic E-state index is 11.2. The maximum atomic E-state index is 11.2. The van der Waals surface area contributed by atoms with E-state index in [2.05, 4.69) is 22.2 Å². The third-order valence-corrected chi connectivity index (χ3v) is 4.90. The van der Waals surface area contributed by atoms with Crippen LogP contribution in [0.25, 0.3) is 10.2 Å². The van der Waals surface area contributed by atoms with Gasteiger partial charge in [0, 0.05) is 6.54 Å². The lowest BCUT2D eigenvalue weighted by Gasteiger charge is -2.11. The van der Waals surface area contributed by atoms with Gasteiger partial charge in [-0.05, 0) is 30.7 Å². The first kappa shape index (κ1) is 12.3. The first-order chi connectivity index (χ1) is 9.00. The number of carboxylic acids is 1. The quantitative estimate of drug-likeness (QED) is 0.898. The van der Waals surface area contributed by atoms with E-state index in [0.717, 1.165) is 28.1 Å². The standard InChI is InChI=1S/C13H15N3O2S/c1-7-8-10(14-5-13(2)3-4-13)15-6-16-11(8)19-9(7)12(17)18/h6H,3-5H2,1-2H3,(H,17,18)(H,14,15,16). The molecule has 100 valence electrons. The summed E-state index contributed by atoms with van der Waals surface area (Å²) in [5, 5.41) is 13.4. The van der Waals surface area contributed by atoms with Gasteiger partial charge < -0.3 is 10.4 Å². The molecule has 0 amide bonds. The normalized spacial score (nSPS) is 16.5. The van der Waals surface area contributed by atoms with Crippen LogP contribution < -0.4 is 5.32 Å². The minimum absolute atomic E-state index is 0.344. The fourth-order valence-corrected chi connectivity index (χ4v) is 3.08. The third kappa shape index (κ3) is 2.16. The Balaban J connectivity index is 2.01. The number of aryl methyl sites for hydroxylation is 1. The van der Waals surface area contributed by atoms with Crippen LogP contribution in [-0.4, -0.2) is 27.6 Å². The minimum atomic E-state index is -0.902. The Labute approximate surface area is 114 Å². The van der Waals surface area contributed by atoms with Gasteiger partial charge in [0.15, 0.2) is 0 Å². The fourth-order valence-electron chi connectivity index (χ4n) is 2.10. The lowest BCUT2D eigenvalue weighted by atomic mass is 10.1. The van der Waals surface area contributed by atoms with Crippen LogP contribution >= 0.6 is 11.3 Å². The first-order valence-electron chi connectivity index (χ1n) is 6.21. The van der Waals surface area contributed by atoms with Crippen molar-refractivity contribution in [2.24, 2.45) is 5.41 Å². The number of carboxylic acid groups (broad SMARTS) is 1. The van der Waals surface area contributed by atoms with E-state index in [9.17, 15) is 4.79 Å². The number of aromatic carboxylic acids is 1. The summed E-state index contributed by atoms with van der Waals surface area (Å²) in [5.74, 6) is -0.153. The molecule has 1 aliphatic carbocycles. The van der Waals surface area contributed by atoms with Crippen LogP contribution in [0.4, 0.5) is 5.82 Å². The third-order valence-electron chi connectivity index (χ3n) is 3.71. The Kier molecular flexibility index (Phi) is 2.70. The van der Waals surface area contributed by atoms with Crippen LogP contribution in [0.3, 0.4) is 0 Å². The molecule has 3 rings (SSSR count). The molecule has 0 unspecified atom stereocenters. The molecule has 0 saturated heterocycles. The molecule has 2 aromatic rings. The van der Waals surface area contributed by atoms with Gasteiger partial charge in [-0.25, -0.2) is 14.8 Å². The van der Waals surface area contributed by atoms with Gasteiger partial charge >= 0.3 is 5.97 Å². The highest BCUT2D eigenvalue weighted by Crippen LogP contribution is 2.45. The molecule has 0 aliphatic heterocycles. The average Bonchev–Trinajstić information content (AvgIpc) is 3.00. The molecule has 19 heavy (non-hydrogen) atoms. The molecule has 6 heteroatoms. The molecule has 0 spiro atoms.